The first-order valence-corrected chi connectivity index (χ1v) is 7.42. The van der Waals surface area contributed by atoms with Gasteiger partial charge in [-0.3, -0.25) is 4.79 Å². The van der Waals surface area contributed by atoms with Gasteiger partial charge in [0, 0.05) is 19.8 Å². The van der Waals surface area contributed by atoms with Crippen LogP contribution < -0.4 is 10.5 Å². The number of amides is 1. The van der Waals surface area contributed by atoms with E-state index in [2.05, 4.69) is 4.72 Å². The van der Waals surface area contributed by atoms with E-state index in [-0.39, 0.29) is 11.7 Å². The van der Waals surface area contributed by atoms with Crippen molar-refractivity contribution in [2.75, 3.05) is 19.8 Å². The second-order valence-corrected chi connectivity index (χ2v) is 6.28. The first-order chi connectivity index (χ1) is 8.73. The number of benzene rings is 1. The van der Waals surface area contributed by atoms with Crippen molar-refractivity contribution >= 4 is 21.6 Å². The van der Waals surface area contributed by atoms with Crippen LogP contribution in [0.25, 0.3) is 0 Å². The molecule has 1 unspecified atom stereocenters. The van der Waals surface area contributed by atoms with Crippen LogP contribution >= 0.6 is 0 Å². The summed E-state index contributed by atoms with van der Waals surface area (Å²) in [6, 6.07) is 5.93. The number of hydrogen-bond donors (Lipinski definition) is 2. The van der Waals surface area contributed by atoms with Crippen molar-refractivity contribution in [2.24, 2.45) is 0 Å². The lowest BCUT2D eigenvalue weighted by Crippen LogP contribution is -2.44. The van der Waals surface area contributed by atoms with Crippen LogP contribution in [-0.4, -0.2) is 39.4 Å². The molecule has 1 atom stereocenters. The highest BCUT2D eigenvalue weighted by Crippen LogP contribution is 2.13. The van der Waals surface area contributed by atoms with Gasteiger partial charge in [-0.25, -0.2) is 13.1 Å². The van der Waals surface area contributed by atoms with Crippen molar-refractivity contribution in [3.63, 3.8) is 0 Å². The number of sulfonamides is 1. The maximum atomic E-state index is 12.0. The number of carbonyl (C=O) groups is 1. The summed E-state index contributed by atoms with van der Waals surface area (Å²) in [5.74, 6) is -0.547. The fraction of sp³-hybridized carbons (Fsp3) is 0.417. The molecule has 0 aliphatic heterocycles. The van der Waals surface area contributed by atoms with E-state index in [1.165, 1.54) is 11.8 Å². The highest BCUT2D eigenvalue weighted by Gasteiger charge is 2.22. The standard InChI is InChI=1S/C12H19N3O3S/c1-9(12(16)15(2)3)14-19(17,18)8-10-6-4-5-7-11(10)13/h4-7,9,14H,8,13H2,1-3H3. The van der Waals surface area contributed by atoms with Crippen LogP contribution in [0, 0.1) is 0 Å². The lowest BCUT2D eigenvalue weighted by molar-refractivity contribution is -0.130. The maximum Gasteiger partial charge on any atom is 0.239 e. The average Bonchev–Trinajstić information content (AvgIpc) is 2.30. The molecular formula is C12H19N3O3S. The highest BCUT2D eigenvalue weighted by atomic mass is 32.2. The van der Waals surface area contributed by atoms with Gasteiger partial charge in [0.05, 0.1) is 11.8 Å². The molecule has 0 aliphatic rings. The van der Waals surface area contributed by atoms with Gasteiger partial charge in [-0.1, -0.05) is 18.2 Å². The van der Waals surface area contributed by atoms with E-state index >= 15 is 0 Å². The minimum absolute atomic E-state index is 0.245. The second-order valence-electron chi connectivity index (χ2n) is 4.53. The molecular weight excluding hydrogens is 266 g/mol. The SMILES string of the molecule is CC(NS(=O)(=O)Cc1ccccc1N)C(=O)N(C)C. The predicted octanol–water partition coefficient (Wildman–Crippen LogP) is 0.165. The third-order valence-corrected chi connectivity index (χ3v) is 3.97. The number of anilines is 1. The third kappa shape index (κ3) is 4.53. The second kappa shape index (κ2) is 6.03. The van der Waals surface area contributed by atoms with Gasteiger partial charge in [-0.05, 0) is 18.6 Å². The Bertz CT molecular complexity index is 555. The predicted molar refractivity (Wildman–Crippen MR) is 74.8 cm³/mol. The molecule has 0 spiro atoms. The molecule has 0 bridgehead atoms. The lowest BCUT2D eigenvalue weighted by atomic mass is 10.2. The van der Waals surface area contributed by atoms with E-state index in [9.17, 15) is 13.2 Å². The molecule has 1 aromatic carbocycles. The molecule has 1 aromatic rings. The monoisotopic (exact) mass is 285 g/mol. The number of likely N-dealkylation sites (N-methyl/N-ethyl adjacent to an activating group) is 1. The van der Waals surface area contributed by atoms with Crippen LogP contribution in [0.3, 0.4) is 0 Å². The number of nitrogen functional groups attached to an aromatic ring is 1. The van der Waals surface area contributed by atoms with Crippen LogP contribution in [0.1, 0.15) is 12.5 Å². The van der Waals surface area contributed by atoms with Gasteiger partial charge in [0.2, 0.25) is 15.9 Å². The molecule has 0 aliphatic carbocycles. The minimum atomic E-state index is -3.61. The van der Waals surface area contributed by atoms with Crippen LogP contribution in [0.5, 0.6) is 0 Å². The summed E-state index contributed by atoms with van der Waals surface area (Å²) in [6.07, 6.45) is 0. The summed E-state index contributed by atoms with van der Waals surface area (Å²) in [5.41, 5.74) is 6.63. The van der Waals surface area contributed by atoms with Crippen LogP contribution in [0.4, 0.5) is 5.69 Å². The molecule has 19 heavy (non-hydrogen) atoms. The highest BCUT2D eigenvalue weighted by molar-refractivity contribution is 7.88. The van der Waals surface area contributed by atoms with Crippen molar-refractivity contribution in [3.05, 3.63) is 29.8 Å². The normalized spacial score (nSPS) is 13.0. The molecule has 0 heterocycles. The topological polar surface area (TPSA) is 92.5 Å². The molecule has 0 aromatic heterocycles. The number of hydrogen-bond acceptors (Lipinski definition) is 4. The molecule has 0 saturated carbocycles. The summed E-state index contributed by atoms with van der Waals surface area (Å²) in [7, 11) is -0.469. The van der Waals surface area contributed by atoms with E-state index in [0.29, 0.717) is 11.3 Å². The van der Waals surface area contributed by atoms with Crippen LogP contribution in [0.15, 0.2) is 24.3 Å². The fourth-order valence-electron chi connectivity index (χ4n) is 1.62. The van der Waals surface area contributed by atoms with E-state index in [1.807, 2.05) is 0 Å². The zero-order chi connectivity index (χ0) is 14.6. The van der Waals surface area contributed by atoms with E-state index in [4.69, 9.17) is 5.73 Å². The van der Waals surface area contributed by atoms with Gasteiger partial charge in [0.1, 0.15) is 0 Å². The van der Waals surface area contributed by atoms with Crippen molar-refractivity contribution in [2.45, 2.75) is 18.7 Å². The molecule has 3 N–H and O–H groups in total. The molecule has 106 valence electrons. The largest absolute Gasteiger partial charge is 0.398 e. The first kappa shape index (κ1) is 15.5. The minimum Gasteiger partial charge on any atom is -0.398 e. The van der Waals surface area contributed by atoms with E-state index in [0.717, 1.165) is 0 Å². The fourth-order valence-corrected chi connectivity index (χ4v) is 3.01. The smallest absolute Gasteiger partial charge is 0.239 e. The van der Waals surface area contributed by atoms with E-state index in [1.54, 1.807) is 38.4 Å². The molecule has 1 rings (SSSR count). The van der Waals surface area contributed by atoms with Gasteiger partial charge in [0.25, 0.3) is 0 Å². The van der Waals surface area contributed by atoms with Crippen LogP contribution in [-0.2, 0) is 20.6 Å². The van der Waals surface area contributed by atoms with Gasteiger partial charge in [-0.2, -0.15) is 0 Å². The first-order valence-electron chi connectivity index (χ1n) is 5.77. The Morgan fingerprint density at radius 3 is 2.47 bits per heavy atom. The summed E-state index contributed by atoms with van der Waals surface area (Å²) >= 11 is 0. The summed E-state index contributed by atoms with van der Waals surface area (Å²) < 4.78 is 26.2. The van der Waals surface area contributed by atoms with Crippen molar-refractivity contribution in [1.82, 2.24) is 9.62 Å². The number of nitrogens with one attached hydrogen (secondary N) is 1. The quantitative estimate of drug-likeness (QED) is 0.754. The molecule has 0 radical (unpaired) electrons. The maximum absolute atomic E-state index is 12.0. The summed E-state index contributed by atoms with van der Waals surface area (Å²) in [6.45, 7) is 1.51. The molecule has 7 heteroatoms. The third-order valence-electron chi connectivity index (χ3n) is 2.57. The Hall–Kier alpha value is -1.60. The van der Waals surface area contributed by atoms with Gasteiger partial charge >= 0.3 is 0 Å². The van der Waals surface area contributed by atoms with Crippen molar-refractivity contribution in [3.8, 4) is 0 Å². The number of para-hydroxylation sites is 1. The van der Waals surface area contributed by atoms with Crippen molar-refractivity contribution in [1.29, 1.82) is 0 Å². The molecule has 0 fully saturated rings. The Balaban J connectivity index is 2.78. The van der Waals surface area contributed by atoms with Gasteiger partial charge in [-0.15, -0.1) is 0 Å². The Kier molecular flexibility index (Phi) is 4.90. The lowest BCUT2D eigenvalue weighted by Gasteiger charge is -2.18. The molecule has 0 saturated heterocycles. The number of carbonyl (C=O) groups excluding carboxylic acids is 1. The summed E-state index contributed by atoms with van der Waals surface area (Å²) in [5, 5.41) is 0. The summed E-state index contributed by atoms with van der Waals surface area (Å²) in [4.78, 5) is 13.0. The van der Waals surface area contributed by atoms with Gasteiger partial charge < -0.3 is 10.6 Å². The molecule has 1 amide bonds. The number of rotatable bonds is 5. The van der Waals surface area contributed by atoms with Crippen molar-refractivity contribution < 1.29 is 13.2 Å². The zero-order valence-electron chi connectivity index (χ0n) is 11.3. The Labute approximate surface area is 113 Å². The average molecular weight is 285 g/mol. The molecule has 6 nitrogen and oxygen atoms in total. The number of nitrogens with zero attached hydrogens (tertiary/aromatic N) is 1. The van der Waals surface area contributed by atoms with E-state index < -0.39 is 16.1 Å². The Morgan fingerprint density at radius 1 is 1.37 bits per heavy atom. The number of nitrogens with two attached hydrogens (primary N) is 1. The van der Waals surface area contributed by atoms with Crippen LogP contribution in [0.2, 0.25) is 0 Å². The zero-order valence-corrected chi connectivity index (χ0v) is 12.1. The Morgan fingerprint density at radius 2 is 1.95 bits per heavy atom. The van der Waals surface area contributed by atoms with Gasteiger partial charge in [0.15, 0.2) is 0 Å².